The molecule has 1 aliphatic heterocycles. The fraction of sp³-hybridized carbons (Fsp3) is 0.440. The highest BCUT2D eigenvalue weighted by atomic mass is 19.4. The number of hydrogen-bond acceptors (Lipinski definition) is 5. The Balaban J connectivity index is 0.000000317. The van der Waals surface area contributed by atoms with E-state index in [0.29, 0.717) is 5.92 Å². The average molecular weight is 563 g/mol. The van der Waals surface area contributed by atoms with Crippen LogP contribution in [-0.2, 0) is 16.6 Å². The van der Waals surface area contributed by atoms with Crippen molar-refractivity contribution in [3.63, 3.8) is 0 Å². The van der Waals surface area contributed by atoms with E-state index in [2.05, 4.69) is 58.8 Å². The van der Waals surface area contributed by atoms with Crippen molar-refractivity contribution in [2.45, 2.75) is 44.5 Å². The summed E-state index contributed by atoms with van der Waals surface area (Å²) < 4.78 is 65.6. The number of benzene rings is 1. The molecule has 3 heterocycles. The number of carboxylic acids is 2. The summed E-state index contributed by atoms with van der Waals surface area (Å²) in [5, 5.41) is 14.2. The lowest BCUT2D eigenvalue weighted by Crippen LogP contribution is -2.33. The third-order valence-corrected chi connectivity index (χ3v) is 5.81. The molecule has 0 amide bonds. The zero-order valence-electron chi connectivity index (χ0n) is 21.1. The molecule has 1 fully saturated rings. The number of carbonyl (C=O) groups is 2. The number of rotatable bonds is 4. The maximum absolute atomic E-state index is 10.6. The van der Waals surface area contributed by atoms with E-state index in [1.165, 1.54) is 50.1 Å². The van der Waals surface area contributed by atoms with Crippen LogP contribution in [0.15, 0.2) is 42.7 Å². The lowest BCUT2D eigenvalue weighted by atomic mass is 9.92. The molecule has 0 unspecified atom stereocenters. The number of fused-ring (bicyclic) bond motifs is 1. The van der Waals surface area contributed by atoms with Gasteiger partial charge < -0.3 is 19.7 Å². The van der Waals surface area contributed by atoms with Gasteiger partial charge in [0.1, 0.15) is 5.52 Å². The first-order chi connectivity index (χ1) is 18.1. The first kappa shape index (κ1) is 31.5. The molecule has 1 saturated heterocycles. The van der Waals surface area contributed by atoms with Crippen LogP contribution in [0.2, 0.25) is 0 Å². The number of aliphatic carboxylic acids is 2. The van der Waals surface area contributed by atoms with Gasteiger partial charge in [0.15, 0.2) is 0 Å². The minimum atomic E-state index is -5.08. The number of alkyl halides is 6. The minimum absolute atomic E-state index is 0.551. The van der Waals surface area contributed by atoms with E-state index in [0.717, 1.165) is 16.8 Å². The van der Waals surface area contributed by atoms with Gasteiger partial charge in [0, 0.05) is 24.2 Å². The molecule has 14 heteroatoms. The monoisotopic (exact) mass is 562 g/mol. The standard InChI is InChI=1S/C21H26N4.2C2HF3O2/c1-3-11-25-12-9-16(10-13-25)18-14-19-21(22-15-24(19)2)20(23-18)17-7-5-4-6-8-17;2*3-2(4,5)1(6)7/h4-8,14-16H,3,9-13H2,1-2H3;2*(H,6,7). The Kier molecular flexibility index (Phi) is 10.8. The molecule has 8 nitrogen and oxygen atoms in total. The van der Waals surface area contributed by atoms with Gasteiger partial charge in [-0.3, -0.25) is 4.98 Å². The number of piperidine rings is 1. The van der Waals surface area contributed by atoms with Gasteiger partial charge in [0.25, 0.3) is 0 Å². The highest BCUT2D eigenvalue weighted by Gasteiger charge is 2.38. The Morgan fingerprint density at radius 3 is 1.95 bits per heavy atom. The molecule has 214 valence electrons. The van der Waals surface area contributed by atoms with E-state index in [1.54, 1.807) is 0 Å². The number of aromatic nitrogens is 3. The van der Waals surface area contributed by atoms with Gasteiger partial charge >= 0.3 is 24.3 Å². The number of carboxylic acid groups (broad SMARTS) is 2. The topological polar surface area (TPSA) is 109 Å². The number of nitrogens with zero attached hydrogens (tertiary/aromatic N) is 4. The fourth-order valence-corrected chi connectivity index (χ4v) is 3.92. The predicted molar refractivity (Wildman–Crippen MR) is 130 cm³/mol. The molecule has 4 rings (SSSR count). The molecule has 0 spiro atoms. The quantitative estimate of drug-likeness (QED) is 0.405. The number of pyridine rings is 1. The van der Waals surface area contributed by atoms with Crippen LogP contribution >= 0.6 is 0 Å². The van der Waals surface area contributed by atoms with Crippen LogP contribution in [0, 0.1) is 0 Å². The second-order valence-corrected chi connectivity index (χ2v) is 8.71. The Bertz CT molecular complexity index is 1210. The first-order valence-corrected chi connectivity index (χ1v) is 11.8. The summed E-state index contributed by atoms with van der Waals surface area (Å²) in [5.74, 6) is -4.96. The van der Waals surface area contributed by atoms with Gasteiger partial charge in [0.2, 0.25) is 0 Å². The van der Waals surface area contributed by atoms with E-state index in [1.807, 2.05) is 12.4 Å². The zero-order chi connectivity index (χ0) is 29.4. The van der Waals surface area contributed by atoms with Gasteiger partial charge in [-0.25, -0.2) is 14.6 Å². The molecule has 0 radical (unpaired) electrons. The normalized spacial score (nSPS) is 14.7. The van der Waals surface area contributed by atoms with Crippen molar-refractivity contribution in [3.8, 4) is 11.3 Å². The summed E-state index contributed by atoms with van der Waals surface area (Å²) in [6.07, 6.45) is -4.64. The second kappa shape index (κ2) is 13.4. The minimum Gasteiger partial charge on any atom is -0.475 e. The highest BCUT2D eigenvalue weighted by molar-refractivity contribution is 5.90. The SMILES string of the molecule is CCCN1CCC(c2cc3c(ncn3C)c(-c3ccccc3)n2)CC1.O=C(O)C(F)(F)F.O=C(O)C(F)(F)F. The molecular weight excluding hydrogens is 534 g/mol. The molecule has 39 heavy (non-hydrogen) atoms. The molecule has 0 saturated carbocycles. The van der Waals surface area contributed by atoms with Gasteiger partial charge in [-0.05, 0) is 45.0 Å². The molecule has 3 aromatic rings. The Labute approximate surface area is 219 Å². The van der Waals surface area contributed by atoms with Crippen LogP contribution in [0.1, 0.15) is 37.8 Å². The van der Waals surface area contributed by atoms with Gasteiger partial charge in [-0.1, -0.05) is 37.3 Å². The van der Waals surface area contributed by atoms with Crippen LogP contribution in [0.4, 0.5) is 26.3 Å². The third kappa shape index (κ3) is 9.23. The molecule has 0 bridgehead atoms. The van der Waals surface area contributed by atoms with Crippen molar-refractivity contribution in [2.75, 3.05) is 19.6 Å². The summed E-state index contributed by atoms with van der Waals surface area (Å²) in [6, 6.07) is 12.7. The summed E-state index contributed by atoms with van der Waals surface area (Å²) in [5.41, 5.74) is 5.58. The number of halogens is 6. The molecule has 1 aromatic carbocycles. The van der Waals surface area contributed by atoms with Crippen LogP contribution in [0.3, 0.4) is 0 Å². The maximum Gasteiger partial charge on any atom is 0.490 e. The Morgan fingerprint density at radius 2 is 1.49 bits per heavy atom. The van der Waals surface area contributed by atoms with E-state index >= 15 is 0 Å². The van der Waals surface area contributed by atoms with E-state index in [4.69, 9.17) is 24.8 Å². The summed E-state index contributed by atoms with van der Waals surface area (Å²) >= 11 is 0. The predicted octanol–water partition coefficient (Wildman–Crippen LogP) is 5.49. The lowest BCUT2D eigenvalue weighted by molar-refractivity contribution is -0.193. The summed E-state index contributed by atoms with van der Waals surface area (Å²) in [7, 11) is 2.07. The lowest BCUT2D eigenvalue weighted by Gasteiger charge is -2.31. The van der Waals surface area contributed by atoms with Crippen LogP contribution in [0.5, 0.6) is 0 Å². The van der Waals surface area contributed by atoms with E-state index in [9.17, 15) is 26.3 Å². The molecule has 2 N–H and O–H groups in total. The largest absolute Gasteiger partial charge is 0.490 e. The van der Waals surface area contributed by atoms with Crippen LogP contribution < -0.4 is 0 Å². The molecule has 2 aromatic heterocycles. The Morgan fingerprint density at radius 1 is 0.974 bits per heavy atom. The van der Waals surface area contributed by atoms with Crippen molar-refractivity contribution in [2.24, 2.45) is 7.05 Å². The van der Waals surface area contributed by atoms with Crippen molar-refractivity contribution in [3.05, 3.63) is 48.4 Å². The van der Waals surface area contributed by atoms with Crippen LogP contribution in [-0.4, -0.2) is 73.6 Å². The zero-order valence-corrected chi connectivity index (χ0v) is 21.1. The number of hydrogen-bond donors (Lipinski definition) is 2. The van der Waals surface area contributed by atoms with E-state index < -0.39 is 24.3 Å². The first-order valence-electron chi connectivity index (χ1n) is 11.8. The molecular formula is C25H28F6N4O4. The van der Waals surface area contributed by atoms with Gasteiger partial charge in [-0.15, -0.1) is 0 Å². The number of aryl methyl sites for hydroxylation is 1. The summed E-state index contributed by atoms with van der Waals surface area (Å²) in [4.78, 5) is 30.1. The van der Waals surface area contributed by atoms with Gasteiger partial charge in [0.05, 0.1) is 17.5 Å². The molecule has 0 aliphatic carbocycles. The third-order valence-electron chi connectivity index (χ3n) is 5.81. The smallest absolute Gasteiger partial charge is 0.475 e. The van der Waals surface area contributed by atoms with Crippen molar-refractivity contribution in [1.82, 2.24) is 19.4 Å². The second-order valence-electron chi connectivity index (χ2n) is 8.71. The number of imidazole rings is 1. The maximum atomic E-state index is 10.6. The van der Waals surface area contributed by atoms with Gasteiger partial charge in [-0.2, -0.15) is 26.3 Å². The Hall–Kier alpha value is -3.68. The number of likely N-dealkylation sites (tertiary alicyclic amines) is 1. The van der Waals surface area contributed by atoms with Crippen molar-refractivity contribution in [1.29, 1.82) is 0 Å². The summed E-state index contributed by atoms with van der Waals surface area (Å²) in [6.45, 7) is 5.85. The van der Waals surface area contributed by atoms with Crippen molar-refractivity contribution >= 4 is 23.0 Å². The molecule has 0 atom stereocenters. The highest BCUT2D eigenvalue weighted by Crippen LogP contribution is 2.33. The molecule has 1 aliphatic rings. The fourth-order valence-electron chi connectivity index (χ4n) is 3.92. The van der Waals surface area contributed by atoms with Crippen LogP contribution in [0.25, 0.3) is 22.3 Å². The van der Waals surface area contributed by atoms with E-state index in [-0.39, 0.29) is 0 Å². The average Bonchev–Trinajstić information content (AvgIpc) is 3.25. The van der Waals surface area contributed by atoms with Crippen molar-refractivity contribution < 1.29 is 46.1 Å².